The fourth-order valence-electron chi connectivity index (χ4n) is 2.39. The molecule has 0 aromatic carbocycles. The summed E-state index contributed by atoms with van der Waals surface area (Å²) in [5.74, 6) is 0.909. The highest BCUT2D eigenvalue weighted by Gasteiger charge is 2.15. The molecule has 1 fully saturated rings. The zero-order valence-electron chi connectivity index (χ0n) is 7.76. The molecule has 0 heteroatoms. The smallest absolute Gasteiger partial charge is 0.0160 e. The summed E-state index contributed by atoms with van der Waals surface area (Å²) >= 11 is 0. The first-order chi connectivity index (χ1) is 5.97. The average molecular weight is 162 g/mol. The Morgan fingerprint density at radius 2 is 1.75 bits per heavy atom. The largest absolute Gasteiger partial charge is 0.0805 e. The molecule has 0 N–H and O–H groups in total. The fraction of sp³-hybridized carbons (Fsp3) is 0.667. The Hall–Kier alpha value is -0.520. The van der Waals surface area contributed by atoms with Crippen molar-refractivity contribution in [1.29, 1.82) is 0 Å². The van der Waals surface area contributed by atoms with Crippen LogP contribution in [0.5, 0.6) is 0 Å². The normalized spacial score (nSPS) is 25.5. The molecule has 0 amide bonds. The van der Waals surface area contributed by atoms with Crippen LogP contribution in [-0.2, 0) is 0 Å². The van der Waals surface area contributed by atoms with E-state index in [1.54, 1.807) is 5.57 Å². The SMILES string of the molecule is C1=CC(C2CCCCCC2)=CC1. The van der Waals surface area contributed by atoms with E-state index < -0.39 is 0 Å². The quantitative estimate of drug-likeness (QED) is 0.514. The Kier molecular flexibility index (Phi) is 2.65. The van der Waals surface area contributed by atoms with Crippen molar-refractivity contribution < 1.29 is 0 Å². The van der Waals surface area contributed by atoms with Crippen LogP contribution >= 0.6 is 0 Å². The first-order valence-corrected chi connectivity index (χ1v) is 5.33. The van der Waals surface area contributed by atoms with Gasteiger partial charge in [-0.3, -0.25) is 0 Å². The van der Waals surface area contributed by atoms with E-state index >= 15 is 0 Å². The Morgan fingerprint density at radius 3 is 2.33 bits per heavy atom. The van der Waals surface area contributed by atoms with Gasteiger partial charge in [-0.2, -0.15) is 0 Å². The molecule has 0 nitrogen and oxygen atoms in total. The zero-order chi connectivity index (χ0) is 8.23. The summed E-state index contributed by atoms with van der Waals surface area (Å²) in [6, 6.07) is 0. The Morgan fingerprint density at radius 1 is 1.00 bits per heavy atom. The van der Waals surface area contributed by atoms with E-state index in [1.165, 1.54) is 44.9 Å². The van der Waals surface area contributed by atoms with Gasteiger partial charge in [0.05, 0.1) is 0 Å². The van der Waals surface area contributed by atoms with Gasteiger partial charge in [-0.25, -0.2) is 0 Å². The Labute approximate surface area is 75.4 Å². The summed E-state index contributed by atoms with van der Waals surface area (Å²) in [4.78, 5) is 0. The highest BCUT2D eigenvalue weighted by molar-refractivity contribution is 5.28. The Bertz CT molecular complexity index is 190. The number of hydrogen-bond acceptors (Lipinski definition) is 0. The molecule has 0 spiro atoms. The minimum absolute atomic E-state index is 0.909. The van der Waals surface area contributed by atoms with Crippen molar-refractivity contribution in [2.24, 2.45) is 5.92 Å². The third-order valence-electron chi connectivity index (χ3n) is 3.13. The molecule has 0 saturated heterocycles. The van der Waals surface area contributed by atoms with Crippen molar-refractivity contribution in [3.05, 3.63) is 23.8 Å². The molecule has 2 aliphatic carbocycles. The summed E-state index contributed by atoms with van der Waals surface area (Å²) in [5, 5.41) is 0. The molecule has 0 radical (unpaired) electrons. The number of allylic oxidation sites excluding steroid dienone is 4. The second kappa shape index (κ2) is 3.93. The molecule has 1 saturated carbocycles. The maximum absolute atomic E-state index is 2.41. The molecule has 0 atom stereocenters. The first kappa shape index (κ1) is 8.10. The van der Waals surface area contributed by atoms with Crippen molar-refractivity contribution in [1.82, 2.24) is 0 Å². The predicted octanol–water partition coefficient (Wildman–Crippen LogP) is 3.84. The summed E-state index contributed by atoms with van der Waals surface area (Å²) in [6.45, 7) is 0. The van der Waals surface area contributed by atoms with E-state index in [9.17, 15) is 0 Å². The first-order valence-electron chi connectivity index (χ1n) is 5.33. The fourth-order valence-corrected chi connectivity index (χ4v) is 2.39. The molecule has 0 aliphatic heterocycles. The highest BCUT2D eigenvalue weighted by atomic mass is 14.2. The number of rotatable bonds is 1. The van der Waals surface area contributed by atoms with Crippen LogP contribution < -0.4 is 0 Å². The van der Waals surface area contributed by atoms with Gasteiger partial charge in [0.2, 0.25) is 0 Å². The van der Waals surface area contributed by atoms with Crippen LogP contribution in [0.4, 0.5) is 0 Å². The van der Waals surface area contributed by atoms with Crippen molar-refractivity contribution in [2.75, 3.05) is 0 Å². The van der Waals surface area contributed by atoms with Gasteiger partial charge < -0.3 is 0 Å². The maximum Gasteiger partial charge on any atom is -0.0160 e. The van der Waals surface area contributed by atoms with E-state index in [4.69, 9.17) is 0 Å². The summed E-state index contributed by atoms with van der Waals surface area (Å²) in [7, 11) is 0. The topological polar surface area (TPSA) is 0 Å². The van der Waals surface area contributed by atoms with Gasteiger partial charge >= 0.3 is 0 Å². The standard InChI is InChI=1S/C12H18/c1-2-4-8-11(7-3-1)12-9-5-6-10-12/h5,9-11H,1-4,6-8H2. The van der Waals surface area contributed by atoms with Crippen LogP contribution in [0.1, 0.15) is 44.9 Å². The molecule has 2 rings (SSSR count). The van der Waals surface area contributed by atoms with Gasteiger partial charge in [0.25, 0.3) is 0 Å². The van der Waals surface area contributed by atoms with Gasteiger partial charge in [0.1, 0.15) is 0 Å². The molecular formula is C12H18. The predicted molar refractivity (Wildman–Crippen MR) is 53.0 cm³/mol. The molecule has 12 heavy (non-hydrogen) atoms. The minimum Gasteiger partial charge on any atom is -0.0805 e. The van der Waals surface area contributed by atoms with Crippen molar-refractivity contribution in [3.63, 3.8) is 0 Å². The van der Waals surface area contributed by atoms with Crippen LogP contribution in [0.25, 0.3) is 0 Å². The zero-order valence-corrected chi connectivity index (χ0v) is 7.76. The van der Waals surface area contributed by atoms with Crippen LogP contribution in [-0.4, -0.2) is 0 Å². The van der Waals surface area contributed by atoms with Gasteiger partial charge in [0.15, 0.2) is 0 Å². The molecule has 0 aromatic rings. The van der Waals surface area contributed by atoms with Crippen LogP contribution in [0.3, 0.4) is 0 Å². The molecule has 0 unspecified atom stereocenters. The summed E-state index contributed by atoms with van der Waals surface area (Å²) < 4.78 is 0. The molecule has 0 aromatic heterocycles. The van der Waals surface area contributed by atoms with Gasteiger partial charge in [-0.15, -0.1) is 0 Å². The highest BCUT2D eigenvalue weighted by Crippen LogP contribution is 2.31. The lowest BCUT2D eigenvalue weighted by molar-refractivity contribution is 0.540. The van der Waals surface area contributed by atoms with Crippen molar-refractivity contribution >= 4 is 0 Å². The monoisotopic (exact) mass is 162 g/mol. The lowest BCUT2D eigenvalue weighted by Crippen LogP contribution is -1.99. The van der Waals surface area contributed by atoms with Crippen molar-refractivity contribution in [2.45, 2.75) is 44.9 Å². The lowest BCUT2D eigenvalue weighted by atomic mass is 9.92. The maximum atomic E-state index is 2.41. The van der Waals surface area contributed by atoms with Crippen LogP contribution in [0.15, 0.2) is 23.8 Å². The van der Waals surface area contributed by atoms with Crippen LogP contribution in [0.2, 0.25) is 0 Å². The molecule has 2 aliphatic rings. The minimum atomic E-state index is 0.909. The van der Waals surface area contributed by atoms with E-state index in [-0.39, 0.29) is 0 Å². The molecule has 0 heterocycles. The van der Waals surface area contributed by atoms with E-state index in [1.807, 2.05) is 0 Å². The third-order valence-corrected chi connectivity index (χ3v) is 3.13. The molecular weight excluding hydrogens is 144 g/mol. The van der Waals surface area contributed by atoms with E-state index in [0.717, 1.165) is 5.92 Å². The van der Waals surface area contributed by atoms with Gasteiger partial charge in [-0.05, 0) is 30.8 Å². The molecule has 66 valence electrons. The number of hydrogen-bond donors (Lipinski definition) is 0. The van der Waals surface area contributed by atoms with Gasteiger partial charge in [0, 0.05) is 0 Å². The van der Waals surface area contributed by atoms with E-state index in [2.05, 4.69) is 18.2 Å². The van der Waals surface area contributed by atoms with Crippen molar-refractivity contribution in [3.8, 4) is 0 Å². The second-order valence-electron chi connectivity index (χ2n) is 4.03. The second-order valence-corrected chi connectivity index (χ2v) is 4.03. The van der Waals surface area contributed by atoms with E-state index in [0.29, 0.717) is 0 Å². The third kappa shape index (κ3) is 1.80. The molecule has 0 bridgehead atoms. The van der Waals surface area contributed by atoms with Crippen LogP contribution in [0, 0.1) is 5.92 Å². The summed E-state index contributed by atoms with van der Waals surface area (Å²) in [6.07, 6.45) is 17.0. The summed E-state index contributed by atoms with van der Waals surface area (Å²) in [5.41, 5.74) is 1.64. The Balaban J connectivity index is 1.96. The lowest BCUT2D eigenvalue weighted by Gasteiger charge is -2.13. The average Bonchev–Trinajstić information content (AvgIpc) is 2.48. The van der Waals surface area contributed by atoms with Gasteiger partial charge in [-0.1, -0.05) is 43.9 Å².